The lowest BCUT2D eigenvalue weighted by atomic mass is 9.89. The first-order valence-electron chi connectivity index (χ1n) is 8.21. The summed E-state index contributed by atoms with van der Waals surface area (Å²) in [6.45, 7) is 2.85. The lowest BCUT2D eigenvalue weighted by molar-refractivity contribution is -0.141. The quantitative estimate of drug-likeness (QED) is 0.785. The van der Waals surface area contributed by atoms with Crippen molar-refractivity contribution in [2.45, 2.75) is 51.9 Å². The highest BCUT2D eigenvalue weighted by atomic mass is 16.4. The van der Waals surface area contributed by atoms with Gasteiger partial charge in [0.2, 0.25) is 0 Å². The second-order valence-corrected chi connectivity index (χ2v) is 6.36. The van der Waals surface area contributed by atoms with Gasteiger partial charge in [0, 0.05) is 12.2 Å². The second-order valence-electron chi connectivity index (χ2n) is 6.36. The van der Waals surface area contributed by atoms with E-state index in [-0.39, 0.29) is 5.92 Å². The number of hydrogen-bond acceptors (Lipinski definition) is 2. The Labute approximate surface area is 127 Å². The standard InChI is InChI=1S/C18H27NO2/c1-14(18(20)21)7-8-15-9-11-17(12-10-15)19-13-16-5-3-2-4-6-16/h9-12,14,16,19H,2-8,13H2,1H3,(H,20,21). The summed E-state index contributed by atoms with van der Waals surface area (Å²) in [5, 5.41) is 12.4. The third-order valence-corrected chi connectivity index (χ3v) is 4.56. The average molecular weight is 289 g/mol. The molecule has 1 aliphatic carbocycles. The molecule has 3 nitrogen and oxygen atoms in total. The Bertz CT molecular complexity index is 435. The molecule has 1 aromatic carbocycles. The Balaban J connectivity index is 1.74. The van der Waals surface area contributed by atoms with Crippen LogP contribution in [0.2, 0.25) is 0 Å². The third-order valence-electron chi connectivity index (χ3n) is 4.56. The van der Waals surface area contributed by atoms with E-state index in [4.69, 9.17) is 5.11 Å². The molecule has 0 amide bonds. The number of aryl methyl sites for hydroxylation is 1. The fraction of sp³-hybridized carbons (Fsp3) is 0.611. The van der Waals surface area contributed by atoms with Gasteiger partial charge in [-0.25, -0.2) is 0 Å². The predicted molar refractivity (Wildman–Crippen MR) is 86.6 cm³/mol. The zero-order valence-corrected chi connectivity index (χ0v) is 13.0. The average Bonchev–Trinajstić information content (AvgIpc) is 2.52. The van der Waals surface area contributed by atoms with E-state index in [0.29, 0.717) is 6.42 Å². The van der Waals surface area contributed by atoms with E-state index in [0.717, 1.165) is 18.9 Å². The van der Waals surface area contributed by atoms with Crippen LogP contribution >= 0.6 is 0 Å². The van der Waals surface area contributed by atoms with E-state index < -0.39 is 5.97 Å². The van der Waals surface area contributed by atoms with Crippen molar-refractivity contribution in [3.63, 3.8) is 0 Å². The SMILES string of the molecule is CC(CCc1ccc(NCC2CCCCC2)cc1)C(=O)O. The van der Waals surface area contributed by atoms with E-state index in [2.05, 4.69) is 29.6 Å². The Kier molecular flexibility index (Phi) is 6.09. The molecule has 1 saturated carbocycles. The van der Waals surface area contributed by atoms with Crippen molar-refractivity contribution in [2.75, 3.05) is 11.9 Å². The maximum absolute atomic E-state index is 10.8. The topological polar surface area (TPSA) is 49.3 Å². The molecular formula is C18H27NO2. The number of rotatable bonds is 7. The molecular weight excluding hydrogens is 262 g/mol. The summed E-state index contributed by atoms with van der Waals surface area (Å²) in [7, 11) is 0. The van der Waals surface area contributed by atoms with Gasteiger partial charge in [-0.1, -0.05) is 38.3 Å². The zero-order valence-electron chi connectivity index (χ0n) is 13.0. The summed E-state index contributed by atoms with van der Waals surface area (Å²) < 4.78 is 0. The Hall–Kier alpha value is -1.51. The second kappa shape index (κ2) is 8.06. The Morgan fingerprint density at radius 2 is 1.90 bits per heavy atom. The van der Waals surface area contributed by atoms with Crippen LogP contribution < -0.4 is 5.32 Å². The van der Waals surface area contributed by atoms with Crippen LogP contribution in [0, 0.1) is 11.8 Å². The largest absolute Gasteiger partial charge is 0.481 e. The summed E-state index contributed by atoms with van der Waals surface area (Å²) in [6, 6.07) is 8.45. The Morgan fingerprint density at radius 3 is 2.52 bits per heavy atom. The first-order chi connectivity index (χ1) is 10.1. The number of carboxylic acid groups (broad SMARTS) is 1. The number of carbonyl (C=O) groups is 1. The molecule has 0 saturated heterocycles. The lowest BCUT2D eigenvalue weighted by Crippen LogP contribution is -2.17. The van der Waals surface area contributed by atoms with Gasteiger partial charge in [-0.05, 0) is 49.3 Å². The van der Waals surface area contributed by atoms with Crippen LogP contribution in [0.4, 0.5) is 5.69 Å². The number of hydrogen-bond donors (Lipinski definition) is 2. The molecule has 21 heavy (non-hydrogen) atoms. The molecule has 0 spiro atoms. The smallest absolute Gasteiger partial charge is 0.306 e. The van der Waals surface area contributed by atoms with E-state index >= 15 is 0 Å². The molecule has 0 aromatic heterocycles. The molecule has 1 aromatic rings. The zero-order chi connectivity index (χ0) is 15.1. The number of aliphatic carboxylic acids is 1. The molecule has 2 N–H and O–H groups in total. The summed E-state index contributed by atoms with van der Waals surface area (Å²) in [5.74, 6) is -0.148. The highest BCUT2D eigenvalue weighted by Gasteiger charge is 2.13. The van der Waals surface area contributed by atoms with Gasteiger partial charge in [0.15, 0.2) is 0 Å². The molecule has 1 atom stereocenters. The summed E-state index contributed by atoms with van der Waals surface area (Å²) in [4.78, 5) is 10.8. The lowest BCUT2D eigenvalue weighted by Gasteiger charge is -2.22. The van der Waals surface area contributed by atoms with Crippen molar-refractivity contribution in [2.24, 2.45) is 11.8 Å². The molecule has 3 heteroatoms. The first kappa shape index (κ1) is 15.9. The van der Waals surface area contributed by atoms with E-state index in [1.54, 1.807) is 6.92 Å². The van der Waals surface area contributed by atoms with Crippen molar-refractivity contribution < 1.29 is 9.90 Å². The van der Waals surface area contributed by atoms with Gasteiger partial charge in [-0.2, -0.15) is 0 Å². The molecule has 116 valence electrons. The van der Waals surface area contributed by atoms with Gasteiger partial charge in [0.25, 0.3) is 0 Å². The highest BCUT2D eigenvalue weighted by molar-refractivity contribution is 5.69. The molecule has 0 bridgehead atoms. The Morgan fingerprint density at radius 1 is 1.24 bits per heavy atom. The van der Waals surface area contributed by atoms with Crippen molar-refractivity contribution in [1.29, 1.82) is 0 Å². The van der Waals surface area contributed by atoms with Gasteiger partial charge in [0.1, 0.15) is 0 Å². The molecule has 0 radical (unpaired) electrons. The summed E-state index contributed by atoms with van der Waals surface area (Å²) in [6.07, 6.45) is 8.41. The molecule has 0 aliphatic heterocycles. The van der Waals surface area contributed by atoms with Crippen LogP contribution in [0.5, 0.6) is 0 Å². The first-order valence-corrected chi connectivity index (χ1v) is 8.21. The van der Waals surface area contributed by atoms with Crippen LogP contribution in [-0.2, 0) is 11.2 Å². The van der Waals surface area contributed by atoms with E-state index in [9.17, 15) is 4.79 Å². The molecule has 0 heterocycles. The monoisotopic (exact) mass is 289 g/mol. The maximum atomic E-state index is 10.8. The van der Waals surface area contributed by atoms with Crippen molar-refractivity contribution in [3.8, 4) is 0 Å². The van der Waals surface area contributed by atoms with Crippen LogP contribution in [-0.4, -0.2) is 17.6 Å². The number of nitrogens with one attached hydrogen (secondary N) is 1. The fourth-order valence-corrected chi connectivity index (χ4v) is 2.95. The fourth-order valence-electron chi connectivity index (χ4n) is 2.95. The van der Waals surface area contributed by atoms with Gasteiger partial charge in [-0.3, -0.25) is 4.79 Å². The minimum absolute atomic E-state index is 0.269. The van der Waals surface area contributed by atoms with Gasteiger partial charge in [-0.15, -0.1) is 0 Å². The minimum atomic E-state index is -0.708. The van der Waals surface area contributed by atoms with Crippen molar-refractivity contribution in [3.05, 3.63) is 29.8 Å². The minimum Gasteiger partial charge on any atom is -0.481 e. The highest BCUT2D eigenvalue weighted by Crippen LogP contribution is 2.24. The van der Waals surface area contributed by atoms with Crippen molar-refractivity contribution in [1.82, 2.24) is 0 Å². The molecule has 1 unspecified atom stereocenters. The van der Waals surface area contributed by atoms with Gasteiger partial charge in [0.05, 0.1) is 5.92 Å². The normalized spacial score (nSPS) is 17.4. The van der Waals surface area contributed by atoms with Crippen LogP contribution in [0.1, 0.15) is 51.0 Å². The van der Waals surface area contributed by atoms with Crippen molar-refractivity contribution >= 4 is 11.7 Å². The summed E-state index contributed by atoms with van der Waals surface area (Å²) >= 11 is 0. The molecule has 2 rings (SSSR count). The number of benzene rings is 1. The van der Waals surface area contributed by atoms with E-state index in [1.165, 1.54) is 43.4 Å². The summed E-state index contributed by atoms with van der Waals surface area (Å²) in [5.41, 5.74) is 2.39. The number of anilines is 1. The van der Waals surface area contributed by atoms with E-state index in [1.807, 2.05) is 0 Å². The molecule has 1 aliphatic rings. The predicted octanol–water partition coefficient (Wildman–Crippen LogP) is 4.33. The van der Waals surface area contributed by atoms with Gasteiger partial charge >= 0.3 is 5.97 Å². The van der Waals surface area contributed by atoms with Crippen LogP contribution in [0.25, 0.3) is 0 Å². The van der Waals surface area contributed by atoms with Crippen LogP contribution in [0.15, 0.2) is 24.3 Å². The van der Waals surface area contributed by atoms with Gasteiger partial charge < -0.3 is 10.4 Å². The molecule has 1 fully saturated rings. The third kappa shape index (κ3) is 5.41. The maximum Gasteiger partial charge on any atom is 0.306 e. The number of carboxylic acids is 1. The van der Waals surface area contributed by atoms with Crippen LogP contribution in [0.3, 0.4) is 0 Å².